The Kier molecular flexibility index (Phi) is 6.46. The third-order valence-corrected chi connectivity index (χ3v) is 5.05. The van der Waals surface area contributed by atoms with Gasteiger partial charge >= 0.3 is 0 Å². The summed E-state index contributed by atoms with van der Waals surface area (Å²) in [6, 6.07) is -0.574. The van der Waals surface area contributed by atoms with E-state index in [9.17, 15) is 9.59 Å². The summed E-state index contributed by atoms with van der Waals surface area (Å²) >= 11 is 0. The van der Waals surface area contributed by atoms with Gasteiger partial charge in [0.1, 0.15) is 6.54 Å². The lowest BCUT2D eigenvalue weighted by Gasteiger charge is -2.35. The molecule has 0 spiro atoms. The van der Waals surface area contributed by atoms with Gasteiger partial charge in [0.2, 0.25) is 11.8 Å². The first-order valence-corrected chi connectivity index (χ1v) is 9.52. The van der Waals surface area contributed by atoms with Gasteiger partial charge in [-0.2, -0.15) is 5.10 Å². The monoisotopic (exact) mass is 379 g/mol. The van der Waals surface area contributed by atoms with Gasteiger partial charge in [-0.1, -0.05) is 0 Å². The second-order valence-electron chi connectivity index (χ2n) is 7.45. The number of morpholine rings is 1. The number of hydrogen-bond acceptors (Lipinski definition) is 6. The maximum absolute atomic E-state index is 12.5. The second kappa shape index (κ2) is 8.81. The average molecular weight is 379 g/mol. The van der Waals surface area contributed by atoms with E-state index in [1.165, 1.54) is 10.9 Å². The van der Waals surface area contributed by atoms with Crippen LogP contribution in [0.3, 0.4) is 0 Å². The highest BCUT2D eigenvalue weighted by molar-refractivity contribution is 5.94. The van der Waals surface area contributed by atoms with E-state index >= 15 is 0 Å². The zero-order valence-electron chi connectivity index (χ0n) is 16.0. The number of nitrogens with one attached hydrogen (secondary N) is 1. The van der Waals surface area contributed by atoms with Crippen molar-refractivity contribution in [1.82, 2.24) is 14.7 Å². The molecule has 2 fully saturated rings. The van der Waals surface area contributed by atoms with E-state index in [1.54, 1.807) is 11.1 Å². The van der Waals surface area contributed by atoms with Crippen molar-refractivity contribution in [3.05, 3.63) is 12.4 Å². The van der Waals surface area contributed by atoms with Crippen molar-refractivity contribution >= 4 is 17.5 Å². The smallest absolute Gasteiger partial charge is 0.244 e. The Labute approximate surface area is 159 Å². The third-order valence-electron chi connectivity index (χ3n) is 5.05. The molecule has 3 unspecified atom stereocenters. The molecule has 3 rings (SSSR count). The van der Waals surface area contributed by atoms with Gasteiger partial charge in [-0.3, -0.25) is 14.3 Å². The van der Waals surface area contributed by atoms with Crippen LogP contribution in [0.25, 0.3) is 0 Å². The highest BCUT2D eigenvalue weighted by Gasteiger charge is 2.28. The maximum Gasteiger partial charge on any atom is 0.244 e. The number of amides is 2. The van der Waals surface area contributed by atoms with Gasteiger partial charge in [0, 0.05) is 32.5 Å². The number of hydrogen-bond donors (Lipinski definition) is 2. The van der Waals surface area contributed by atoms with E-state index in [0.717, 1.165) is 12.8 Å². The average Bonchev–Trinajstić information content (AvgIpc) is 3.07. The molecule has 150 valence electrons. The van der Waals surface area contributed by atoms with E-state index in [-0.39, 0.29) is 36.5 Å². The lowest BCUT2D eigenvalue weighted by molar-refractivity contribution is -0.144. The van der Waals surface area contributed by atoms with Crippen molar-refractivity contribution in [3.8, 4) is 0 Å². The molecule has 0 saturated carbocycles. The number of aromatic nitrogens is 2. The number of ether oxygens (including phenoxy) is 2. The molecule has 3 atom stereocenters. The van der Waals surface area contributed by atoms with Gasteiger partial charge in [0.15, 0.2) is 0 Å². The number of nitrogens with two attached hydrogens (primary N) is 1. The molecule has 0 bridgehead atoms. The summed E-state index contributed by atoms with van der Waals surface area (Å²) in [5, 5.41) is 6.97. The Bertz CT molecular complexity index is 648. The predicted molar refractivity (Wildman–Crippen MR) is 99.0 cm³/mol. The number of nitrogens with zero attached hydrogens (tertiary/aromatic N) is 3. The van der Waals surface area contributed by atoms with Gasteiger partial charge in [-0.15, -0.1) is 0 Å². The van der Waals surface area contributed by atoms with Gasteiger partial charge in [0.05, 0.1) is 30.1 Å². The first kappa shape index (κ1) is 19.8. The van der Waals surface area contributed by atoms with E-state index in [2.05, 4.69) is 10.4 Å². The normalized spacial score (nSPS) is 25.2. The Morgan fingerprint density at radius 3 is 2.63 bits per heavy atom. The Hall–Kier alpha value is -1.97. The van der Waals surface area contributed by atoms with Crippen molar-refractivity contribution in [1.29, 1.82) is 0 Å². The molecule has 2 amide bonds. The molecule has 2 aliphatic heterocycles. The van der Waals surface area contributed by atoms with Crippen LogP contribution in [-0.2, 0) is 25.6 Å². The lowest BCUT2D eigenvalue weighted by atomic mass is 9.92. The van der Waals surface area contributed by atoms with Crippen molar-refractivity contribution < 1.29 is 19.1 Å². The molecular weight excluding hydrogens is 350 g/mol. The topological polar surface area (TPSA) is 112 Å². The summed E-state index contributed by atoms with van der Waals surface area (Å²) in [5.41, 5.74) is 6.62. The van der Waals surface area contributed by atoms with Gasteiger partial charge in [0.25, 0.3) is 0 Å². The van der Waals surface area contributed by atoms with E-state index in [0.29, 0.717) is 32.0 Å². The summed E-state index contributed by atoms with van der Waals surface area (Å²) in [4.78, 5) is 26.6. The largest absolute Gasteiger partial charge is 0.381 e. The van der Waals surface area contributed by atoms with E-state index in [1.807, 2.05) is 13.8 Å². The fraction of sp³-hybridized carbons (Fsp3) is 0.722. The zero-order chi connectivity index (χ0) is 19.4. The highest BCUT2D eigenvalue weighted by atomic mass is 16.5. The van der Waals surface area contributed by atoms with Gasteiger partial charge in [-0.25, -0.2) is 0 Å². The zero-order valence-corrected chi connectivity index (χ0v) is 16.0. The second-order valence-corrected chi connectivity index (χ2v) is 7.45. The van der Waals surface area contributed by atoms with E-state index in [4.69, 9.17) is 15.2 Å². The quantitative estimate of drug-likeness (QED) is 0.757. The molecule has 0 aromatic carbocycles. The minimum atomic E-state index is -0.574. The minimum Gasteiger partial charge on any atom is -0.381 e. The standard InChI is InChI=1S/C18H29N5O4/c1-12-8-22(9-13(2)27-12)16(24)11-23-10-15(7-20-23)21-18(25)17(19)14-3-5-26-6-4-14/h7,10,12-14,17H,3-6,8-9,11,19H2,1-2H3,(H,21,25). The molecule has 1 aromatic heterocycles. The molecule has 9 heteroatoms. The van der Waals surface area contributed by atoms with Crippen LogP contribution < -0.4 is 11.1 Å². The first-order valence-electron chi connectivity index (χ1n) is 9.52. The van der Waals surface area contributed by atoms with Crippen LogP contribution in [0.4, 0.5) is 5.69 Å². The molecule has 0 aliphatic carbocycles. The summed E-state index contributed by atoms with van der Waals surface area (Å²) < 4.78 is 12.5. The molecule has 3 N–H and O–H groups in total. The Morgan fingerprint density at radius 2 is 1.96 bits per heavy atom. The molecule has 9 nitrogen and oxygen atoms in total. The highest BCUT2D eigenvalue weighted by Crippen LogP contribution is 2.19. The van der Waals surface area contributed by atoms with Gasteiger partial charge in [-0.05, 0) is 32.6 Å². The Morgan fingerprint density at radius 1 is 1.30 bits per heavy atom. The van der Waals surface area contributed by atoms with Gasteiger partial charge < -0.3 is 25.4 Å². The molecule has 2 saturated heterocycles. The van der Waals surface area contributed by atoms with Crippen molar-refractivity contribution in [3.63, 3.8) is 0 Å². The van der Waals surface area contributed by atoms with Crippen LogP contribution in [-0.4, -0.2) is 71.0 Å². The van der Waals surface area contributed by atoms with Crippen LogP contribution in [0.5, 0.6) is 0 Å². The maximum atomic E-state index is 12.5. The number of rotatable bonds is 5. The molecule has 27 heavy (non-hydrogen) atoms. The summed E-state index contributed by atoms with van der Waals surface area (Å²) in [6.07, 6.45) is 4.82. The molecule has 1 aromatic rings. The van der Waals surface area contributed by atoms with Crippen LogP contribution in [0.2, 0.25) is 0 Å². The minimum absolute atomic E-state index is 0.0168. The van der Waals surface area contributed by atoms with Crippen LogP contribution >= 0.6 is 0 Å². The first-order chi connectivity index (χ1) is 12.9. The number of carbonyl (C=O) groups excluding carboxylic acids is 2. The SMILES string of the molecule is CC1CN(C(=O)Cn2cc(NC(=O)C(N)C3CCOCC3)cn2)CC(C)O1. The number of anilines is 1. The predicted octanol–water partition coefficient (Wildman–Crippen LogP) is 0.211. The summed E-state index contributed by atoms with van der Waals surface area (Å²) in [5.74, 6) is -0.124. The van der Waals surface area contributed by atoms with Crippen molar-refractivity contribution in [2.45, 2.75) is 51.5 Å². The van der Waals surface area contributed by atoms with Crippen LogP contribution in [0.15, 0.2) is 12.4 Å². The molecule has 2 aliphatic rings. The Balaban J connectivity index is 1.52. The summed E-state index contributed by atoms with van der Waals surface area (Å²) in [7, 11) is 0. The fourth-order valence-electron chi connectivity index (χ4n) is 3.65. The van der Waals surface area contributed by atoms with Crippen LogP contribution in [0.1, 0.15) is 26.7 Å². The molecular formula is C18H29N5O4. The third kappa shape index (κ3) is 5.27. The van der Waals surface area contributed by atoms with Crippen molar-refractivity contribution in [2.75, 3.05) is 31.6 Å². The van der Waals surface area contributed by atoms with Crippen LogP contribution in [0, 0.1) is 5.92 Å². The fourth-order valence-corrected chi connectivity index (χ4v) is 3.65. The number of carbonyl (C=O) groups is 2. The lowest BCUT2D eigenvalue weighted by Crippen LogP contribution is -2.49. The molecule has 0 radical (unpaired) electrons. The summed E-state index contributed by atoms with van der Waals surface area (Å²) in [6.45, 7) is 6.48. The van der Waals surface area contributed by atoms with E-state index < -0.39 is 6.04 Å². The van der Waals surface area contributed by atoms with Crippen molar-refractivity contribution in [2.24, 2.45) is 11.7 Å². The molecule has 3 heterocycles.